The van der Waals surface area contributed by atoms with Crippen LogP contribution in [0.15, 0.2) is 18.3 Å². The molecule has 2 aliphatic heterocycles. The fraction of sp³-hybridized carbons (Fsp3) is 0.571. The first-order chi connectivity index (χ1) is 8.69. The highest BCUT2D eigenvalue weighted by Gasteiger charge is 2.39. The SMILES string of the molecule is CC1(C(=O)N2CCc3ncccc3C2)CCCN1. The first-order valence-corrected chi connectivity index (χ1v) is 6.66. The lowest BCUT2D eigenvalue weighted by Crippen LogP contribution is -2.53. The summed E-state index contributed by atoms with van der Waals surface area (Å²) in [5.74, 6) is 0.245. The lowest BCUT2D eigenvalue weighted by molar-refractivity contribution is -0.138. The number of amides is 1. The highest BCUT2D eigenvalue weighted by atomic mass is 16.2. The monoisotopic (exact) mass is 245 g/mol. The molecule has 1 N–H and O–H groups in total. The van der Waals surface area contributed by atoms with Gasteiger partial charge in [-0.2, -0.15) is 0 Å². The van der Waals surface area contributed by atoms with E-state index < -0.39 is 0 Å². The number of aromatic nitrogens is 1. The Hall–Kier alpha value is -1.42. The zero-order chi connectivity index (χ0) is 12.6. The molecule has 3 rings (SSSR count). The molecule has 1 saturated heterocycles. The average molecular weight is 245 g/mol. The molecule has 0 aromatic carbocycles. The molecule has 1 aromatic rings. The van der Waals surface area contributed by atoms with E-state index in [4.69, 9.17) is 0 Å². The Kier molecular flexibility index (Phi) is 2.82. The van der Waals surface area contributed by atoms with Gasteiger partial charge in [-0.3, -0.25) is 9.78 Å². The highest BCUT2D eigenvalue weighted by Crippen LogP contribution is 2.24. The van der Waals surface area contributed by atoms with E-state index in [1.54, 1.807) is 0 Å². The number of fused-ring (bicyclic) bond motifs is 1. The number of hydrogen-bond donors (Lipinski definition) is 1. The molecule has 0 radical (unpaired) electrons. The van der Waals surface area contributed by atoms with E-state index in [9.17, 15) is 4.79 Å². The fourth-order valence-electron chi connectivity index (χ4n) is 2.97. The molecule has 1 atom stereocenters. The van der Waals surface area contributed by atoms with Crippen LogP contribution in [0.4, 0.5) is 0 Å². The van der Waals surface area contributed by atoms with Gasteiger partial charge in [0.25, 0.3) is 0 Å². The van der Waals surface area contributed by atoms with Gasteiger partial charge >= 0.3 is 0 Å². The number of carbonyl (C=O) groups is 1. The molecule has 1 fully saturated rings. The molecule has 4 nitrogen and oxygen atoms in total. The first kappa shape index (κ1) is 11.7. The van der Waals surface area contributed by atoms with E-state index >= 15 is 0 Å². The summed E-state index contributed by atoms with van der Waals surface area (Å²) in [6.07, 6.45) is 4.74. The molecule has 0 saturated carbocycles. The third kappa shape index (κ3) is 1.90. The summed E-state index contributed by atoms with van der Waals surface area (Å²) >= 11 is 0. The molecule has 3 heterocycles. The van der Waals surface area contributed by atoms with Crippen molar-refractivity contribution in [2.45, 2.75) is 38.3 Å². The van der Waals surface area contributed by atoms with Gasteiger partial charge in [0.15, 0.2) is 0 Å². The largest absolute Gasteiger partial charge is 0.336 e. The van der Waals surface area contributed by atoms with Crippen molar-refractivity contribution in [3.63, 3.8) is 0 Å². The van der Waals surface area contributed by atoms with E-state index in [2.05, 4.69) is 16.4 Å². The second-order valence-electron chi connectivity index (χ2n) is 5.45. The van der Waals surface area contributed by atoms with Crippen molar-refractivity contribution in [1.29, 1.82) is 0 Å². The van der Waals surface area contributed by atoms with E-state index in [0.717, 1.165) is 38.0 Å². The Labute approximate surface area is 107 Å². The van der Waals surface area contributed by atoms with E-state index in [-0.39, 0.29) is 11.4 Å². The van der Waals surface area contributed by atoms with Crippen LogP contribution in [0, 0.1) is 0 Å². The van der Waals surface area contributed by atoms with Crippen LogP contribution in [0.3, 0.4) is 0 Å². The normalized spacial score (nSPS) is 27.1. The zero-order valence-corrected chi connectivity index (χ0v) is 10.8. The van der Waals surface area contributed by atoms with Crippen molar-refractivity contribution < 1.29 is 4.79 Å². The Morgan fingerprint density at radius 2 is 2.44 bits per heavy atom. The smallest absolute Gasteiger partial charge is 0.242 e. The molecular formula is C14H19N3O. The van der Waals surface area contributed by atoms with Crippen LogP contribution < -0.4 is 5.32 Å². The van der Waals surface area contributed by atoms with Crippen LogP contribution in [0.1, 0.15) is 31.0 Å². The summed E-state index contributed by atoms with van der Waals surface area (Å²) in [5, 5.41) is 3.35. The maximum absolute atomic E-state index is 12.6. The zero-order valence-electron chi connectivity index (χ0n) is 10.8. The van der Waals surface area contributed by atoms with Crippen LogP contribution >= 0.6 is 0 Å². The molecular weight excluding hydrogens is 226 g/mol. The van der Waals surface area contributed by atoms with Gasteiger partial charge in [-0.25, -0.2) is 0 Å². The van der Waals surface area contributed by atoms with Crippen molar-refractivity contribution in [3.05, 3.63) is 29.6 Å². The van der Waals surface area contributed by atoms with Crippen molar-refractivity contribution in [1.82, 2.24) is 15.2 Å². The third-order valence-electron chi connectivity index (χ3n) is 4.09. The van der Waals surface area contributed by atoms with E-state index in [0.29, 0.717) is 6.54 Å². The number of carbonyl (C=O) groups excluding carboxylic acids is 1. The van der Waals surface area contributed by atoms with Crippen molar-refractivity contribution in [3.8, 4) is 0 Å². The molecule has 1 unspecified atom stereocenters. The van der Waals surface area contributed by atoms with Crippen LogP contribution in [-0.2, 0) is 17.8 Å². The van der Waals surface area contributed by atoms with Gasteiger partial charge in [0.05, 0.1) is 5.54 Å². The van der Waals surface area contributed by atoms with Crippen molar-refractivity contribution >= 4 is 5.91 Å². The summed E-state index contributed by atoms with van der Waals surface area (Å²) in [5.41, 5.74) is 1.99. The lowest BCUT2D eigenvalue weighted by atomic mass is 9.96. The van der Waals surface area contributed by atoms with Crippen LogP contribution in [-0.4, -0.2) is 34.4 Å². The van der Waals surface area contributed by atoms with Gasteiger partial charge in [0.2, 0.25) is 5.91 Å². The number of nitrogens with one attached hydrogen (secondary N) is 1. The van der Waals surface area contributed by atoms with Crippen molar-refractivity contribution in [2.24, 2.45) is 0 Å². The number of rotatable bonds is 1. The minimum Gasteiger partial charge on any atom is -0.336 e. The predicted molar refractivity (Wildman–Crippen MR) is 69.0 cm³/mol. The Bertz CT molecular complexity index is 466. The molecule has 18 heavy (non-hydrogen) atoms. The quantitative estimate of drug-likeness (QED) is 0.806. The topological polar surface area (TPSA) is 45.2 Å². The molecule has 2 aliphatic rings. The van der Waals surface area contributed by atoms with Gasteiger partial charge in [0, 0.05) is 31.4 Å². The van der Waals surface area contributed by atoms with Gasteiger partial charge in [-0.05, 0) is 37.9 Å². The maximum Gasteiger partial charge on any atom is 0.242 e. The summed E-state index contributed by atoms with van der Waals surface area (Å²) in [4.78, 5) is 18.9. The summed E-state index contributed by atoms with van der Waals surface area (Å²) < 4.78 is 0. The van der Waals surface area contributed by atoms with E-state index in [1.807, 2.05) is 24.1 Å². The van der Waals surface area contributed by atoms with Crippen LogP contribution in [0.25, 0.3) is 0 Å². The predicted octanol–water partition coefficient (Wildman–Crippen LogP) is 1.11. The number of pyridine rings is 1. The minimum absolute atomic E-state index is 0.245. The second-order valence-corrected chi connectivity index (χ2v) is 5.45. The van der Waals surface area contributed by atoms with Crippen LogP contribution in [0.2, 0.25) is 0 Å². The fourth-order valence-corrected chi connectivity index (χ4v) is 2.97. The molecule has 96 valence electrons. The Morgan fingerprint density at radius 3 is 3.22 bits per heavy atom. The maximum atomic E-state index is 12.6. The molecule has 0 spiro atoms. The van der Waals surface area contributed by atoms with Gasteiger partial charge in [0.1, 0.15) is 0 Å². The summed E-state index contributed by atoms with van der Waals surface area (Å²) in [7, 11) is 0. The molecule has 0 bridgehead atoms. The van der Waals surface area contributed by atoms with Crippen LogP contribution in [0.5, 0.6) is 0 Å². The molecule has 1 aromatic heterocycles. The second kappa shape index (κ2) is 4.35. The third-order valence-corrected chi connectivity index (χ3v) is 4.09. The molecule has 1 amide bonds. The van der Waals surface area contributed by atoms with E-state index in [1.165, 1.54) is 5.56 Å². The highest BCUT2D eigenvalue weighted by molar-refractivity contribution is 5.86. The number of hydrogen-bond acceptors (Lipinski definition) is 3. The Morgan fingerprint density at radius 1 is 1.56 bits per heavy atom. The summed E-state index contributed by atoms with van der Waals surface area (Å²) in [6, 6.07) is 4.02. The molecule has 0 aliphatic carbocycles. The Balaban J connectivity index is 1.78. The average Bonchev–Trinajstić information content (AvgIpc) is 2.85. The first-order valence-electron chi connectivity index (χ1n) is 6.66. The van der Waals surface area contributed by atoms with Crippen molar-refractivity contribution in [2.75, 3.05) is 13.1 Å². The lowest BCUT2D eigenvalue weighted by Gasteiger charge is -2.34. The standard InChI is InChI=1S/C14H19N3O/c1-14(6-3-8-16-14)13(18)17-9-5-12-11(10-17)4-2-7-15-12/h2,4,7,16H,3,5-6,8-10H2,1H3. The minimum atomic E-state index is -0.348. The van der Waals surface area contributed by atoms with Gasteiger partial charge < -0.3 is 10.2 Å². The summed E-state index contributed by atoms with van der Waals surface area (Å²) in [6.45, 7) is 4.48. The van der Waals surface area contributed by atoms with Gasteiger partial charge in [-0.15, -0.1) is 0 Å². The van der Waals surface area contributed by atoms with Gasteiger partial charge in [-0.1, -0.05) is 6.07 Å². The molecule has 4 heteroatoms. The number of nitrogens with zero attached hydrogens (tertiary/aromatic N) is 2.